The Bertz CT molecular complexity index is 1530. The molecule has 1 aromatic carbocycles. The molecule has 9 heteroatoms. The van der Waals surface area contributed by atoms with E-state index in [-0.39, 0.29) is 23.1 Å². The van der Waals surface area contributed by atoms with Gasteiger partial charge in [0, 0.05) is 48.0 Å². The minimum atomic E-state index is -3.38. The van der Waals surface area contributed by atoms with E-state index in [1.54, 1.807) is 18.3 Å². The number of furan rings is 1. The van der Waals surface area contributed by atoms with Crippen molar-refractivity contribution in [1.29, 1.82) is 0 Å². The number of hydrogen-bond acceptors (Lipinski definition) is 7. The van der Waals surface area contributed by atoms with Crippen molar-refractivity contribution in [2.24, 2.45) is 0 Å². The van der Waals surface area contributed by atoms with Crippen LogP contribution >= 0.6 is 0 Å². The molecule has 2 aliphatic heterocycles. The molecule has 0 radical (unpaired) electrons. The quantitative estimate of drug-likeness (QED) is 0.445. The molecule has 0 saturated carbocycles. The number of fused-ring (bicyclic) bond motifs is 3. The van der Waals surface area contributed by atoms with E-state index in [4.69, 9.17) is 9.15 Å². The fourth-order valence-corrected chi connectivity index (χ4v) is 5.25. The van der Waals surface area contributed by atoms with Gasteiger partial charge in [0.05, 0.1) is 18.8 Å². The SMILES string of the molecule is CS(=O)(=O)c1ccc(-c2cc3nccc(-c4cccc(C(=O)N5C[C@H]6C[C@@H]5CO6)c4)c3o2)cn1. The second-order valence-electron chi connectivity index (χ2n) is 8.72. The number of sulfone groups is 1. The Morgan fingerprint density at radius 2 is 1.97 bits per heavy atom. The summed E-state index contributed by atoms with van der Waals surface area (Å²) in [6, 6.07) is 14.5. The van der Waals surface area contributed by atoms with Gasteiger partial charge in [-0.1, -0.05) is 12.1 Å². The Morgan fingerprint density at radius 1 is 1.09 bits per heavy atom. The molecule has 2 fully saturated rings. The number of benzene rings is 1. The smallest absolute Gasteiger partial charge is 0.254 e. The zero-order valence-corrected chi connectivity index (χ0v) is 19.2. The molecule has 2 atom stereocenters. The molecule has 3 aromatic heterocycles. The van der Waals surface area contributed by atoms with E-state index >= 15 is 0 Å². The summed E-state index contributed by atoms with van der Waals surface area (Å²) in [5.41, 5.74) is 4.19. The van der Waals surface area contributed by atoms with E-state index in [0.29, 0.717) is 41.1 Å². The van der Waals surface area contributed by atoms with Gasteiger partial charge < -0.3 is 14.1 Å². The highest BCUT2D eigenvalue weighted by Crippen LogP contribution is 2.35. The second-order valence-corrected chi connectivity index (χ2v) is 10.7. The van der Waals surface area contributed by atoms with Crippen LogP contribution < -0.4 is 0 Å². The first-order valence-electron chi connectivity index (χ1n) is 10.9. The van der Waals surface area contributed by atoms with Crippen molar-refractivity contribution in [2.45, 2.75) is 23.6 Å². The number of aromatic nitrogens is 2. The molecule has 172 valence electrons. The van der Waals surface area contributed by atoms with Gasteiger partial charge in [0.1, 0.15) is 11.3 Å². The minimum absolute atomic E-state index is 0.00504. The monoisotopic (exact) mass is 475 g/mol. The van der Waals surface area contributed by atoms with Gasteiger partial charge in [-0.3, -0.25) is 9.78 Å². The van der Waals surface area contributed by atoms with Crippen molar-refractivity contribution in [2.75, 3.05) is 19.4 Å². The summed E-state index contributed by atoms with van der Waals surface area (Å²) in [7, 11) is -3.38. The topological polar surface area (TPSA) is 103 Å². The van der Waals surface area contributed by atoms with Crippen LogP contribution in [0.1, 0.15) is 16.8 Å². The number of carbonyl (C=O) groups excluding carboxylic acids is 1. The van der Waals surface area contributed by atoms with Gasteiger partial charge in [-0.05, 0) is 42.3 Å². The summed E-state index contributed by atoms with van der Waals surface area (Å²) in [6.07, 6.45) is 5.35. The van der Waals surface area contributed by atoms with Crippen LogP contribution in [0.25, 0.3) is 33.6 Å². The maximum atomic E-state index is 13.2. The van der Waals surface area contributed by atoms with E-state index in [1.807, 2.05) is 35.2 Å². The number of hydrogen-bond donors (Lipinski definition) is 0. The summed E-state index contributed by atoms with van der Waals surface area (Å²) < 4.78 is 35.1. The molecular formula is C25H21N3O5S. The molecule has 34 heavy (non-hydrogen) atoms. The Hall–Kier alpha value is -3.56. The summed E-state index contributed by atoms with van der Waals surface area (Å²) in [5, 5.41) is 0.00504. The molecule has 2 saturated heterocycles. The number of carbonyl (C=O) groups is 1. The van der Waals surface area contributed by atoms with Gasteiger partial charge in [-0.25, -0.2) is 13.4 Å². The average molecular weight is 476 g/mol. The lowest BCUT2D eigenvalue weighted by atomic mass is 10.0. The van der Waals surface area contributed by atoms with Crippen LogP contribution in [0.3, 0.4) is 0 Å². The number of ether oxygens (including phenoxy) is 1. The second kappa shape index (κ2) is 7.75. The van der Waals surface area contributed by atoms with E-state index in [2.05, 4.69) is 9.97 Å². The zero-order chi connectivity index (χ0) is 23.4. The first-order chi connectivity index (χ1) is 16.4. The van der Waals surface area contributed by atoms with Crippen LogP contribution in [0.5, 0.6) is 0 Å². The van der Waals surface area contributed by atoms with Crippen molar-refractivity contribution < 1.29 is 22.4 Å². The fraction of sp³-hybridized carbons (Fsp3) is 0.240. The van der Waals surface area contributed by atoms with Gasteiger partial charge in [-0.2, -0.15) is 0 Å². The van der Waals surface area contributed by atoms with Crippen LogP contribution in [0, 0.1) is 0 Å². The summed E-state index contributed by atoms with van der Waals surface area (Å²) in [6.45, 7) is 1.25. The molecule has 0 spiro atoms. The summed E-state index contributed by atoms with van der Waals surface area (Å²) in [4.78, 5) is 23.5. The van der Waals surface area contributed by atoms with E-state index in [9.17, 15) is 13.2 Å². The lowest BCUT2D eigenvalue weighted by Crippen LogP contribution is -2.41. The standard InChI is InChI=1S/C25H21N3O5S/c1-34(30,31)23-6-5-17(12-27-23)22-11-21-24(33-22)20(7-8-26-21)15-3-2-4-16(9-15)25(29)28-13-19-10-18(28)14-32-19/h2-9,11-12,18-19H,10,13-14H2,1H3/t18-,19-/m1/s1. The van der Waals surface area contributed by atoms with Crippen LogP contribution in [0.15, 0.2) is 70.4 Å². The highest BCUT2D eigenvalue weighted by molar-refractivity contribution is 7.90. The average Bonchev–Trinajstić information content (AvgIpc) is 3.58. The molecular weight excluding hydrogens is 454 g/mol. The molecule has 6 rings (SSSR count). The number of pyridine rings is 2. The Labute approximate surface area is 196 Å². The molecule has 0 N–H and O–H groups in total. The Balaban J connectivity index is 1.35. The first kappa shape index (κ1) is 21.0. The maximum Gasteiger partial charge on any atom is 0.254 e. The van der Waals surface area contributed by atoms with Crippen molar-refractivity contribution >= 4 is 26.8 Å². The zero-order valence-electron chi connectivity index (χ0n) is 18.3. The maximum absolute atomic E-state index is 13.2. The van der Waals surface area contributed by atoms with Gasteiger partial charge in [0.15, 0.2) is 20.4 Å². The molecule has 2 bridgehead atoms. The third-order valence-corrected chi connectivity index (χ3v) is 7.40. The normalized spacial score (nSPS) is 19.7. The number of morpholine rings is 1. The van der Waals surface area contributed by atoms with E-state index in [1.165, 1.54) is 12.3 Å². The van der Waals surface area contributed by atoms with Crippen molar-refractivity contribution in [1.82, 2.24) is 14.9 Å². The molecule has 4 aromatic rings. The van der Waals surface area contributed by atoms with Gasteiger partial charge in [0.2, 0.25) is 0 Å². The Morgan fingerprint density at radius 3 is 2.68 bits per heavy atom. The van der Waals surface area contributed by atoms with Crippen LogP contribution in [0.2, 0.25) is 0 Å². The van der Waals surface area contributed by atoms with Gasteiger partial charge >= 0.3 is 0 Å². The predicted octanol–water partition coefficient (Wildman–Crippen LogP) is 3.57. The molecule has 2 aliphatic rings. The third-order valence-electron chi connectivity index (χ3n) is 6.39. The van der Waals surface area contributed by atoms with E-state index in [0.717, 1.165) is 23.8 Å². The highest BCUT2D eigenvalue weighted by atomic mass is 32.2. The fourth-order valence-electron chi connectivity index (χ4n) is 4.69. The number of rotatable bonds is 4. The number of nitrogens with zero attached hydrogens (tertiary/aromatic N) is 3. The highest BCUT2D eigenvalue weighted by Gasteiger charge is 2.41. The van der Waals surface area contributed by atoms with Crippen molar-refractivity contribution in [3.8, 4) is 22.5 Å². The van der Waals surface area contributed by atoms with Gasteiger partial charge in [0.25, 0.3) is 5.91 Å². The molecule has 5 heterocycles. The lowest BCUT2D eigenvalue weighted by Gasteiger charge is -2.27. The lowest BCUT2D eigenvalue weighted by molar-refractivity contribution is 0.0259. The Kier molecular flexibility index (Phi) is 4.79. The predicted molar refractivity (Wildman–Crippen MR) is 125 cm³/mol. The largest absolute Gasteiger partial charge is 0.454 e. The van der Waals surface area contributed by atoms with Gasteiger partial charge in [-0.15, -0.1) is 0 Å². The third kappa shape index (κ3) is 3.57. The van der Waals surface area contributed by atoms with Crippen molar-refractivity contribution in [3.05, 3.63) is 66.5 Å². The molecule has 0 aliphatic carbocycles. The summed E-state index contributed by atoms with van der Waals surface area (Å²) in [5.74, 6) is 0.544. The van der Waals surface area contributed by atoms with Crippen LogP contribution in [-0.2, 0) is 14.6 Å². The van der Waals surface area contributed by atoms with E-state index < -0.39 is 9.84 Å². The minimum Gasteiger partial charge on any atom is -0.454 e. The molecule has 1 amide bonds. The first-order valence-corrected chi connectivity index (χ1v) is 12.8. The number of amides is 1. The number of likely N-dealkylation sites (tertiary alicyclic amines) is 1. The molecule has 0 unspecified atom stereocenters. The van der Waals surface area contributed by atoms with Crippen molar-refractivity contribution in [3.63, 3.8) is 0 Å². The summed E-state index contributed by atoms with van der Waals surface area (Å²) >= 11 is 0. The van der Waals surface area contributed by atoms with Crippen LogP contribution in [0.4, 0.5) is 0 Å². The molecule has 8 nitrogen and oxygen atoms in total. The van der Waals surface area contributed by atoms with Crippen LogP contribution in [-0.4, -0.2) is 60.7 Å².